The second-order valence-corrected chi connectivity index (χ2v) is 14.1. The van der Waals surface area contributed by atoms with Gasteiger partial charge in [-0.25, -0.2) is 0 Å². The second-order valence-electron chi connectivity index (χ2n) is 14.1. The molecule has 13 nitrogen and oxygen atoms in total. The van der Waals surface area contributed by atoms with E-state index in [9.17, 15) is 30.3 Å². The molecule has 3 heterocycles. The molecule has 7 atom stereocenters. The maximum absolute atomic E-state index is 12.3. The molecule has 0 amide bonds. The predicted octanol–water partition coefficient (Wildman–Crippen LogP) is 3.64. The van der Waals surface area contributed by atoms with E-state index >= 15 is 0 Å². The fourth-order valence-electron chi connectivity index (χ4n) is 7.86. The molecule has 0 bridgehead atoms. The highest BCUT2D eigenvalue weighted by molar-refractivity contribution is 5.68. The van der Waals surface area contributed by atoms with Crippen molar-refractivity contribution in [2.45, 2.75) is 88.7 Å². The molecule has 2 aromatic carbocycles. The van der Waals surface area contributed by atoms with Gasteiger partial charge in [0.15, 0.2) is 23.0 Å². The lowest BCUT2D eigenvalue weighted by Gasteiger charge is -2.46. The Labute approximate surface area is 299 Å². The number of aliphatic carboxylic acids is 1. The van der Waals surface area contributed by atoms with E-state index in [1.165, 1.54) is 14.2 Å². The van der Waals surface area contributed by atoms with Gasteiger partial charge in [0.25, 0.3) is 0 Å². The van der Waals surface area contributed by atoms with E-state index in [0.717, 1.165) is 17.6 Å². The predicted molar refractivity (Wildman–Crippen MR) is 190 cm³/mol. The summed E-state index contributed by atoms with van der Waals surface area (Å²) >= 11 is 0. The highest BCUT2D eigenvalue weighted by Gasteiger charge is 2.45. The number of benzene rings is 2. The number of carbonyl (C=O) groups is 1. The first kappa shape index (κ1) is 38.1. The third-order valence-electron chi connectivity index (χ3n) is 10.6. The molecule has 280 valence electrons. The zero-order valence-electron chi connectivity index (χ0n) is 29.6. The minimum atomic E-state index is -0.906. The number of phenols is 2. The highest BCUT2D eigenvalue weighted by Crippen LogP contribution is 2.47. The van der Waals surface area contributed by atoms with Crippen molar-refractivity contribution in [1.82, 2.24) is 10.6 Å². The van der Waals surface area contributed by atoms with Gasteiger partial charge in [-0.3, -0.25) is 4.79 Å². The van der Waals surface area contributed by atoms with Crippen LogP contribution in [0, 0.1) is 11.3 Å². The summed E-state index contributed by atoms with van der Waals surface area (Å²) in [5, 5.41) is 59.2. The third kappa shape index (κ3) is 9.20. The number of carboxylic acids is 1. The number of aliphatic hydroxyl groups is 2. The van der Waals surface area contributed by atoms with Crippen molar-refractivity contribution in [2.24, 2.45) is 17.1 Å². The Kier molecular flexibility index (Phi) is 12.6. The number of methoxy groups -OCH3 is 2. The molecule has 2 aromatic rings. The van der Waals surface area contributed by atoms with Gasteiger partial charge < -0.3 is 60.8 Å². The topological polar surface area (TPSA) is 205 Å². The largest absolute Gasteiger partial charge is 0.504 e. The molecule has 0 radical (unpaired) electrons. The number of aliphatic hydroxyl groups excluding tert-OH is 2. The quantitative estimate of drug-likeness (QED) is 0.133. The van der Waals surface area contributed by atoms with Crippen LogP contribution < -0.4 is 30.6 Å². The summed E-state index contributed by atoms with van der Waals surface area (Å²) in [6, 6.07) is 8.26. The number of piperidine rings is 1. The summed E-state index contributed by atoms with van der Waals surface area (Å²) < 4.78 is 23.8. The van der Waals surface area contributed by atoms with Crippen molar-refractivity contribution in [2.75, 3.05) is 34.0 Å². The molecule has 2 fully saturated rings. The molecular weight excluding hydrogens is 658 g/mol. The summed E-state index contributed by atoms with van der Waals surface area (Å²) in [7, 11) is 2.93. The average molecular weight is 712 g/mol. The Hall–Kier alpha value is -4.17. The molecular formula is C38H53N3O10. The van der Waals surface area contributed by atoms with E-state index in [1.807, 2.05) is 18.2 Å². The van der Waals surface area contributed by atoms with Gasteiger partial charge in [0.2, 0.25) is 5.75 Å². The lowest BCUT2D eigenvalue weighted by molar-refractivity contribution is -0.144. The van der Waals surface area contributed by atoms with Crippen LogP contribution in [-0.4, -0.2) is 89.8 Å². The minimum Gasteiger partial charge on any atom is -0.504 e. The molecule has 3 aliphatic heterocycles. The van der Waals surface area contributed by atoms with Crippen LogP contribution in [0.3, 0.4) is 0 Å². The first-order valence-corrected chi connectivity index (χ1v) is 17.7. The SMILES string of the molecule is COc1cc(CC[C@H]2C[C@H](O)[C@H](CCO)[C@@H](c3cc(OC)c(O)c(OC[C@H]4N[C@@H](C)CC[C@]4(CC(=O)O)CC4=CCNC(N)=C4)c3)O2)ccc1O. The number of aryl methyl sites for hydroxylation is 1. The third-order valence-corrected chi connectivity index (χ3v) is 10.6. The van der Waals surface area contributed by atoms with Crippen LogP contribution in [0.2, 0.25) is 0 Å². The molecule has 13 heteroatoms. The van der Waals surface area contributed by atoms with E-state index in [4.69, 9.17) is 24.7 Å². The monoisotopic (exact) mass is 711 g/mol. The number of ether oxygens (including phenoxy) is 4. The number of allylic oxidation sites excluding steroid dienone is 2. The van der Waals surface area contributed by atoms with Crippen LogP contribution in [0.4, 0.5) is 0 Å². The number of hydrogen-bond donors (Lipinski definition) is 8. The summed E-state index contributed by atoms with van der Waals surface area (Å²) in [6.07, 6.45) is 5.82. The van der Waals surface area contributed by atoms with Crippen LogP contribution in [0.1, 0.15) is 69.1 Å². The van der Waals surface area contributed by atoms with E-state index in [1.54, 1.807) is 24.3 Å². The number of hydrogen-bond acceptors (Lipinski definition) is 12. The Morgan fingerprint density at radius 1 is 1.10 bits per heavy atom. The Balaban J connectivity index is 1.40. The summed E-state index contributed by atoms with van der Waals surface area (Å²) in [5.74, 6) is -0.291. The van der Waals surface area contributed by atoms with E-state index in [-0.39, 0.29) is 60.8 Å². The maximum atomic E-state index is 12.3. The van der Waals surface area contributed by atoms with Gasteiger partial charge in [-0.15, -0.1) is 0 Å². The fourth-order valence-corrected chi connectivity index (χ4v) is 7.86. The van der Waals surface area contributed by atoms with Crippen molar-refractivity contribution in [3.8, 4) is 28.7 Å². The number of phenolic OH excluding ortho intramolecular Hbond substituents is 2. The summed E-state index contributed by atoms with van der Waals surface area (Å²) in [6.45, 7) is 2.54. The molecule has 0 aliphatic carbocycles. The van der Waals surface area contributed by atoms with Gasteiger partial charge in [0.1, 0.15) is 6.61 Å². The van der Waals surface area contributed by atoms with Crippen molar-refractivity contribution < 1.29 is 49.3 Å². The molecule has 0 unspecified atom stereocenters. The molecule has 0 spiro atoms. The lowest BCUT2D eigenvalue weighted by atomic mass is 9.66. The van der Waals surface area contributed by atoms with Gasteiger partial charge in [0, 0.05) is 36.6 Å². The molecule has 2 saturated heterocycles. The molecule has 0 saturated carbocycles. The molecule has 51 heavy (non-hydrogen) atoms. The molecule has 3 aliphatic rings. The summed E-state index contributed by atoms with van der Waals surface area (Å²) in [5.41, 5.74) is 7.87. The van der Waals surface area contributed by atoms with E-state index < -0.39 is 29.5 Å². The fraction of sp³-hybridized carbons (Fsp3) is 0.553. The van der Waals surface area contributed by atoms with E-state index in [2.05, 4.69) is 17.6 Å². The van der Waals surface area contributed by atoms with Crippen LogP contribution in [0.15, 0.2) is 53.9 Å². The van der Waals surface area contributed by atoms with Crippen molar-refractivity contribution in [3.05, 3.63) is 65.0 Å². The zero-order valence-corrected chi connectivity index (χ0v) is 29.6. The van der Waals surface area contributed by atoms with Crippen LogP contribution in [0.25, 0.3) is 0 Å². The average Bonchev–Trinajstić information content (AvgIpc) is 3.09. The Morgan fingerprint density at radius 3 is 2.57 bits per heavy atom. The van der Waals surface area contributed by atoms with Crippen LogP contribution in [0.5, 0.6) is 28.7 Å². The maximum Gasteiger partial charge on any atom is 0.303 e. The number of dihydropyridines is 1. The van der Waals surface area contributed by atoms with Gasteiger partial charge >= 0.3 is 5.97 Å². The normalized spacial score (nSPS) is 27.9. The van der Waals surface area contributed by atoms with Crippen molar-refractivity contribution in [1.29, 1.82) is 0 Å². The zero-order chi connectivity index (χ0) is 36.7. The lowest BCUT2D eigenvalue weighted by Crippen LogP contribution is -2.57. The Bertz CT molecular complexity index is 1580. The first-order valence-electron chi connectivity index (χ1n) is 17.7. The number of nitrogens with two attached hydrogens (primary N) is 1. The van der Waals surface area contributed by atoms with Crippen LogP contribution in [-0.2, 0) is 16.0 Å². The van der Waals surface area contributed by atoms with E-state index in [0.29, 0.717) is 62.2 Å². The number of rotatable bonds is 15. The number of aromatic hydroxyl groups is 2. The van der Waals surface area contributed by atoms with Crippen LogP contribution >= 0.6 is 0 Å². The van der Waals surface area contributed by atoms with Gasteiger partial charge in [-0.05, 0) is 98.9 Å². The Morgan fingerprint density at radius 2 is 1.86 bits per heavy atom. The molecule has 9 N–H and O–H groups in total. The molecule has 5 rings (SSSR count). The standard InChI is InChI=1S/C38H53N3O10/c1-22-8-11-38(20-35(45)46,19-24-9-12-40-34(39)15-24)33(41-22)21-50-32-17-25(16-31(49-3)36(32)47)37-27(10-13-42)29(44)18-26(51-37)6-4-23-5-7-28(43)30(14-23)48-2/h5,7,9,14-17,22,26-27,29,33,37,40-44,47H,4,6,8,10-13,18-21,39H2,1-3H3,(H,45,46)/t22-,26-,27-,29-,33+,37+,38+/m0/s1. The highest BCUT2D eigenvalue weighted by atomic mass is 16.5. The van der Waals surface area contributed by atoms with Crippen molar-refractivity contribution >= 4 is 5.97 Å². The minimum absolute atomic E-state index is 0.0552. The summed E-state index contributed by atoms with van der Waals surface area (Å²) in [4.78, 5) is 12.3. The number of carboxylic acid groups (broad SMARTS) is 1. The van der Waals surface area contributed by atoms with Gasteiger partial charge in [-0.1, -0.05) is 12.1 Å². The smallest absolute Gasteiger partial charge is 0.303 e. The van der Waals surface area contributed by atoms with Crippen molar-refractivity contribution in [3.63, 3.8) is 0 Å². The number of nitrogens with one attached hydrogen (secondary N) is 2. The van der Waals surface area contributed by atoms with Gasteiger partial charge in [0.05, 0.1) is 44.8 Å². The van der Waals surface area contributed by atoms with Gasteiger partial charge in [-0.2, -0.15) is 0 Å². The molecule has 0 aromatic heterocycles. The second kappa shape index (κ2) is 16.9. The first-order chi connectivity index (χ1) is 24.4.